The van der Waals surface area contributed by atoms with Gasteiger partial charge in [-0.2, -0.15) is 0 Å². The lowest BCUT2D eigenvalue weighted by molar-refractivity contribution is -0.383. The maximum absolute atomic E-state index is 11.9. The Labute approximate surface area is 126 Å². The molecule has 0 radical (unpaired) electrons. The Morgan fingerprint density at radius 2 is 2.00 bits per heavy atom. The summed E-state index contributed by atoms with van der Waals surface area (Å²) in [6.45, 7) is 3.26. The molecule has 0 aliphatic heterocycles. The summed E-state index contributed by atoms with van der Waals surface area (Å²) in [5.41, 5.74) is -1.05. The summed E-state index contributed by atoms with van der Waals surface area (Å²) < 4.78 is 0. The van der Waals surface area contributed by atoms with Crippen LogP contribution in [-0.2, 0) is 9.59 Å². The van der Waals surface area contributed by atoms with E-state index in [0.29, 0.717) is 0 Å². The fourth-order valence-electron chi connectivity index (χ4n) is 1.87. The van der Waals surface area contributed by atoms with E-state index in [2.05, 4.69) is 5.32 Å². The smallest absolute Gasteiger partial charge is 0.303 e. The number of carbonyl (C=O) groups is 2. The van der Waals surface area contributed by atoms with E-state index in [-0.39, 0.29) is 29.2 Å². The molecule has 2 N–H and O–H groups in total. The number of carboxylic acid groups (broad SMARTS) is 1. The number of anilines is 1. The van der Waals surface area contributed by atoms with Gasteiger partial charge in [0.25, 0.3) is 5.69 Å². The van der Waals surface area contributed by atoms with Crippen molar-refractivity contribution >= 4 is 34.9 Å². The fourth-order valence-corrected chi connectivity index (χ4v) is 2.04. The first-order chi connectivity index (χ1) is 9.60. The molecule has 114 valence electrons. The molecule has 0 aliphatic rings. The summed E-state index contributed by atoms with van der Waals surface area (Å²) in [5, 5.41) is 22.3. The van der Waals surface area contributed by atoms with Gasteiger partial charge in [0, 0.05) is 17.5 Å². The summed E-state index contributed by atoms with van der Waals surface area (Å²) >= 11 is 5.76. The molecule has 0 saturated carbocycles. The van der Waals surface area contributed by atoms with Gasteiger partial charge >= 0.3 is 5.97 Å². The van der Waals surface area contributed by atoms with Crippen LogP contribution in [0.4, 0.5) is 11.4 Å². The molecule has 0 fully saturated rings. The Bertz CT molecular complexity index is 586. The summed E-state index contributed by atoms with van der Waals surface area (Å²) in [6.07, 6.45) is -0.263. The van der Waals surface area contributed by atoms with Crippen molar-refractivity contribution in [2.45, 2.75) is 26.7 Å². The lowest BCUT2D eigenvalue weighted by Crippen LogP contribution is -2.25. The number of rotatable bonds is 6. The van der Waals surface area contributed by atoms with E-state index >= 15 is 0 Å². The number of aliphatic carboxylic acids is 1. The van der Waals surface area contributed by atoms with Gasteiger partial charge in [-0.25, -0.2) is 0 Å². The van der Waals surface area contributed by atoms with Gasteiger partial charge in [0.2, 0.25) is 5.91 Å². The highest BCUT2D eigenvalue weighted by atomic mass is 35.5. The molecule has 8 heteroatoms. The van der Waals surface area contributed by atoms with Crippen molar-refractivity contribution in [1.82, 2.24) is 0 Å². The van der Waals surface area contributed by atoms with Crippen LogP contribution in [0.15, 0.2) is 18.2 Å². The van der Waals surface area contributed by atoms with Crippen molar-refractivity contribution in [1.29, 1.82) is 0 Å². The number of hydrogen-bond donors (Lipinski definition) is 2. The minimum absolute atomic E-state index is 0.0105. The van der Waals surface area contributed by atoms with Gasteiger partial charge in [0.1, 0.15) is 5.69 Å². The standard InChI is InChI=1S/C13H15ClN2O5/c1-13(2,7-12(18)19)6-11(17)15-9-5-8(14)3-4-10(9)16(20)21/h3-5H,6-7H2,1-2H3,(H,15,17)(H,18,19). The highest BCUT2D eigenvalue weighted by molar-refractivity contribution is 6.31. The second-order valence-corrected chi connectivity index (χ2v) is 5.81. The predicted molar refractivity (Wildman–Crippen MR) is 77.4 cm³/mol. The molecule has 0 unspecified atom stereocenters. The van der Waals surface area contributed by atoms with Crippen LogP contribution < -0.4 is 5.32 Å². The number of nitrogens with zero attached hydrogens (tertiary/aromatic N) is 1. The average Bonchev–Trinajstić information content (AvgIpc) is 2.24. The molecule has 1 aromatic rings. The van der Waals surface area contributed by atoms with Crippen LogP contribution in [0.25, 0.3) is 0 Å². The molecule has 1 amide bonds. The molecule has 7 nitrogen and oxygen atoms in total. The third-order valence-corrected chi connectivity index (χ3v) is 2.93. The summed E-state index contributed by atoms with van der Waals surface area (Å²) in [6, 6.07) is 3.83. The minimum atomic E-state index is -1.01. The second kappa shape index (κ2) is 6.53. The molecule has 0 heterocycles. The van der Waals surface area contributed by atoms with Crippen molar-refractivity contribution in [2.24, 2.45) is 5.41 Å². The number of nitrogens with one attached hydrogen (secondary N) is 1. The molecule has 0 atom stereocenters. The largest absolute Gasteiger partial charge is 0.481 e. The SMILES string of the molecule is CC(C)(CC(=O)O)CC(=O)Nc1cc(Cl)ccc1[N+](=O)[O-]. The first-order valence-corrected chi connectivity index (χ1v) is 6.44. The van der Waals surface area contributed by atoms with Gasteiger partial charge in [-0.05, 0) is 17.5 Å². The van der Waals surface area contributed by atoms with Gasteiger partial charge in [-0.3, -0.25) is 19.7 Å². The van der Waals surface area contributed by atoms with E-state index in [9.17, 15) is 19.7 Å². The topological polar surface area (TPSA) is 110 Å². The van der Waals surface area contributed by atoms with Gasteiger partial charge in [0.05, 0.1) is 11.3 Å². The molecule has 1 aromatic carbocycles. The first-order valence-electron chi connectivity index (χ1n) is 6.06. The highest BCUT2D eigenvalue weighted by Crippen LogP contribution is 2.30. The number of hydrogen-bond acceptors (Lipinski definition) is 4. The van der Waals surface area contributed by atoms with Crippen molar-refractivity contribution in [2.75, 3.05) is 5.32 Å². The predicted octanol–water partition coefficient (Wildman–Crippen LogP) is 3.08. The average molecular weight is 315 g/mol. The van der Waals surface area contributed by atoms with E-state index in [1.54, 1.807) is 13.8 Å². The van der Waals surface area contributed by atoms with Crippen LogP contribution in [0.2, 0.25) is 5.02 Å². The molecule has 0 aliphatic carbocycles. The number of halogens is 1. The van der Waals surface area contributed by atoms with Crippen molar-refractivity contribution in [3.05, 3.63) is 33.3 Å². The Hall–Kier alpha value is -2.15. The van der Waals surface area contributed by atoms with Crippen LogP contribution in [0.3, 0.4) is 0 Å². The van der Waals surface area contributed by atoms with Crippen molar-refractivity contribution in [3.8, 4) is 0 Å². The number of nitro benzene ring substituents is 1. The Morgan fingerprint density at radius 1 is 1.38 bits per heavy atom. The van der Waals surface area contributed by atoms with Crippen molar-refractivity contribution in [3.63, 3.8) is 0 Å². The van der Waals surface area contributed by atoms with Gasteiger partial charge in [-0.1, -0.05) is 25.4 Å². The normalized spacial score (nSPS) is 11.0. The summed E-state index contributed by atoms with van der Waals surface area (Å²) in [5.74, 6) is -1.52. The number of nitro groups is 1. The van der Waals surface area contributed by atoms with Crippen molar-refractivity contribution < 1.29 is 19.6 Å². The van der Waals surface area contributed by atoms with E-state index in [1.807, 2.05) is 0 Å². The molecular formula is C13H15ClN2O5. The zero-order valence-electron chi connectivity index (χ0n) is 11.6. The number of carboxylic acids is 1. The molecular weight excluding hydrogens is 300 g/mol. The van der Waals surface area contributed by atoms with Crippen LogP contribution in [0.1, 0.15) is 26.7 Å². The van der Waals surface area contributed by atoms with E-state index in [0.717, 1.165) is 0 Å². The first kappa shape index (κ1) is 16.9. The minimum Gasteiger partial charge on any atom is -0.481 e. The molecule has 0 aromatic heterocycles. The number of carbonyl (C=O) groups excluding carboxylic acids is 1. The van der Waals surface area contributed by atoms with Gasteiger partial charge in [-0.15, -0.1) is 0 Å². The van der Waals surface area contributed by atoms with E-state index in [1.165, 1.54) is 18.2 Å². The molecule has 0 spiro atoms. The van der Waals surface area contributed by atoms with Crippen LogP contribution in [0.5, 0.6) is 0 Å². The van der Waals surface area contributed by atoms with Gasteiger partial charge < -0.3 is 10.4 Å². The fraction of sp³-hybridized carbons (Fsp3) is 0.385. The lowest BCUT2D eigenvalue weighted by atomic mass is 9.85. The van der Waals surface area contributed by atoms with Crippen LogP contribution in [-0.4, -0.2) is 21.9 Å². The highest BCUT2D eigenvalue weighted by Gasteiger charge is 2.26. The summed E-state index contributed by atoms with van der Waals surface area (Å²) in [4.78, 5) is 32.9. The number of benzene rings is 1. The molecule has 0 bridgehead atoms. The zero-order chi connectivity index (χ0) is 16.2. The van der Waals surface area contributed by atoms with Crippen LogP contribution in [0, 0.1) is 15.5 Å². The second-order valence-electron chi connectivity index (χ2n) is 5.38. The summed E-state index contributed by atoms with van der Waals surface area (Å²) in [7, 11) is 0. The van der Waals surface area contributed by atoms with E-state index in [4.69, 9.17) is 16.7 Å². The molecule has 21 heavy (non-hydrogen) atoms. The molecule has 1 rings (SSSR count). The van der Waals surface area contributed by atoms with Gasteiger partial charge in [0.15, 0.2) is 0 Å². The number of amides is 1. The third kappa shape index (κ3) is 5.39. The third-order valence-electron chi connectivity index (χ3n) is 2.70. The van der Waals surface area contributed by atoms with Crippen LogP contribution >= 0.6 is 11.6 Å². The maximum atomic E-state index is 11.9. The maximum Gasteiger partial charge on any atom is 0.303 e. The Balaban J connectivity index is 2.86. The Kier molecular flexibility index (Phi) is 5.26. The monoisotopic (exact) mass is 314 g/mol. The quantitative estimate of drug-likeness (QED) is 0.619. The lowest BCUT2D eigenvalue weighted by Gasteiger charge is -2.21. The Morgan fingerprint density at radius 3 is 2.52 bits per heavy atom. The zero-order valence-corrected chi connectivity index (χ0v) is 12.3. The molecule has 0 saturated heterocycles. The van der Waals surface area contributed by atoms with E-state index < -0.39 is 22.2 Å².